The van der Waals surface area contributed by atoms with Gasteiger partial charge in [-0.25, -0.2) is 15.3 Å². The van der Waals surface area contributed by atoms with Gasteiger partial charge in [-0.2, -0.15) is 0 Å². The van der Waals surface area contributed by atoms with Gasteiger partial charge in [-0.15, -0.1) is 0 Å². The molecule has 160 valence electrons. The van der Waals surface area contributed by atoms with E-state index < -0.39 is 22.9 Å². The summed E-state index contributed by atoms with van der Waals surface area (Å²) in [5.41, 5.74) is 5.57. The van der Waals surface area contributed by atoms with E-state index in [1.54, 1.807) is 36.4 Å². The molecule has 0 aliphatic carbocycles. The quantitative estimate of drug-likeness (QED) is 0.381. The van der Waals surface area contributed by atoms with Crippen LogP contribution in [0.3, 0.4) is 0 Å². The highest BCUT2D eigenvalue weighted by atomic mass is 16.6. The van der Waals surface area contributed by atoms with Gasteiger partial charge < -0.3 is 0 Å². The van der Waals surface area contributed by atoms with Crippen molar-refractivity contribution in [3.05, 3.63) is 106 Å². The molecule has 2 heterocycles. The number of rotatable bonds is 5. The van der Waals surface area contributed by atoms with Crippen LogP contribution < -0.4 is 10.3 Å². The molecule has 2 aliphatic heterocycles. The smallest absolute Gasteiger partial charge is 0.269 e. The second kappa shape index (κ2) is 7.99. The molecule has 8 nitrogen and oxygen atoms in total. The van der Waals surface area contributed by atoms with Crippen LogP contribution in [0.25, 0.3) is 0 Å². The fourth-order valence-electron chi connectivity index (χ4n) is 4.51. The number of hydrogen-bond acceptors (Lipinski definition) is 6. The summed E-state index contributed by atoms with van der Waals surface area (Å²) in [5, 5.41) is 12.9. The number of amides is 2. The van der Waals surface area contributed by atoms with Crippen molar-refractivity contribution in [3.63, 3.8) is 0 Å². The molecule has 5 rings (SSSR count). The number of anilines is 1. The van der Waals surface area contributed by atoms with Crippen LogP contribution in [0.5, 0.6) is 0 Å². The number of fused-ring (bicyclic) bond motifs is 1. The topological polar surface area (TPSA) is 95.8 Å². The maximum absolute atomic E-state index is 13.5. The Labute approximate surface area is 184 Å². The van der Waals surface area contributed by atoms with Crippen LogP contribution >= 0.6 is 0 Å². The zero-order chi connectivity index (χ0) is 22.2. The van der Waals surface area contributed by atoms with E-state index in [0.717, 1.165) is 11.1 Å². The lowest BCUT2D eigenvalue weighted by molar-refractivity contribution is -0.384. The van der Waals surface area contributed by atoms with Crippen molar-refractivity contribution in [2.75, 3.05) is 4.90 Å². The Kier molecular flexibility index (Phi) is 5.01. The third-order valence-electron chi connectivity index (χ3n) is 5.99. The number of nitro benzene ring substituents is 1. The molecule has 3 aromatic rings. The van der Waals surface area contributed by atoms with E-state index in [9.17, 15) is 19.7 Å². The molecule has 0 unspecified atom stereocenters. The highest BCUT2D eigenvalue weighted by Gasteiger charge is 2.58. The summed E-state index contributed by atoms with van der Waals surface area (Å²) in [6, 6.07) is 23.6. The molecular weight excluding hydrogens is 408 g/mol. The Bertz CT molecular complexity index is 1170. The predicted octanol–water partition coefficient (Wildman–Crippen LogP) is 3.21. The van der Waals surface area contributed by atoms with Crippen molar-refractivity contribution < 1.29 is 14.5 Å². The Morgan fingerprint density at radius 2 is 1.47 bits per heavy atom. The van der Waals surface area contributed by atoms with Gasteiger partial charge in [0.1, 0.15) is 6.04 Å². The van der Waals surface area contributed by atoms with Gasteiger partial charge in [-0.3, -0.25) is 19.7 Å². The number of benzene rings is 3. The molecule has 3 atom stereocenters. The number of carbonyl (C=O) groups is 2. The zero-order valence-electron chi connectivity index (χ0n) is 17.0. The Morgan fingerprint density at radius 1 is 0.844 bits per heavy atom. The molecule has 8 heteroatoms. The van der Waals surface area contributed by atoms with E-state index in [4.69, 9.17) is 0 Å². The van der Waals surface area contributed by atoms with Crippen LogP contribution in [0.1, 0.15) is 17.2 Å². The number of hydrazine groups is 1. The molecule has 0 aromatic heterocycles. The second-order valence-electron chi connectivity index (χ2n) is 7.89. The monoisotopic (exact) mass is 428 g/mol. The first-order chi connectivity index (χ1) is 15.5. The van der Waals surface area contributed by atoms with Gasteiger partial charge >= 0.3 is 0 Å². The first-order valence-electron chi connectivity index (χ1n) is 10.3. The maximum Gasteiger partial charge on any atom is 0.269 e. The van der Waals surface area contributed by atoms with Gasteiger partial charge in [-0.05, 0) is 23.3 Å². The van der Waals surface area contributed by atoms with Crippen molar-refractivity contribution in [2.45, 2.75) is 18.6 Å². The Balaban J connectivity index is 1.53. The second-order valence-corrected chi connectivity index (χ2v) is 7.89. The van der Waals surface area contributed by atoms with Crippen molar-refractivity contribution in [3.8, 4) is 0 Å². The van der Waals surface area contributed by atoms with Gasteiger partial charge in [0, 0.05) is 18.7 Å². The predicted molar refractivity (Wildman–Crippen MR) is 117 cm³/mol. The molecule has 32 heavy (non-hydrogen) atoms. The van der Waals surface area contributed by atoms with Gasteiger partial charge in [0.2, 0.25) is 5.91 Å². The molecule has 2 amide bonds. The normalized spacial score (nSPS) is 22.9. The van der Waals surface area contributed by atoms with Crippen molar-refractivity contribution >= 4 is 23.2 Å². The van der Waals surface area contributed by atoms with Crippen LogP contribution in [0, 0.1) is 16.0 Å². The van der Waals surface area contributed by atoms with Gasteiger partial charge in [0.25, 0.3) is 11.6 Å². The Hall–Kier alpha value is -3.88. The highest BCUT2D eigenvalue weighted by molar-refractivity contribution is 6.24. The van der Waals surface area contributed by atoms with Crippen LogP contribution in [0.4, 0.5) is 11.4 Å². The van der Waals surface area contributed by atoms with E-state index in [1.165, 1.54) is 17.0 Å². The van der Waals surface area contributed by atoms with Crippen molar-refractivity contribution in [2.24, 2.45) is 5.92 Å². The van der Waals surface area contributed by atoms with E-state index in [0.29, 0.717) is 12.2 Å². The number of non-ortho nitro benzene ring substituents is 1. The van der Waals surface area contributed by atoms with Crippen LogP contribution in [0.15, 0.2) is 84.9 Å². The van der Waals surface area contributed by atoms with Crippen LogP contribution in [0.2, 0.25) is 0 Å². The Morgan fingerprint density at radius 3 is 2.09 bits per heavy atom. The minimum Gasteiger partial charge on any atom is -0.274 e. The molecule has 0 bridgehead atoms. The summed E-state index contributed by atoms with van der Waals surface area (Å²) >= 11 is 0. The van der Waals surface area contributed by atoms with Crippen molar-refractivity contribution in [1.82, 2.24) is 10.4 Å². The lowest BCUT2D eigenvalue weighted by Gasteiger charge is -2.25. The SMILES string of the molecule is O=C1[C@@H]2[C@@H](c3ccc([N+](=O)[O-])cc3)NN(Cc3ccccc3)[C@@H]2C(=O)N1c1ccccc1. The van der Waals surface area contributed by atoms with Gasteiger partial charge in [-0.1, -0.05) is 60.7 Å². The van der Waals surface area contributed by atoms with Crippen LogP contribution in [-0.4, -0.2) is 27.8 Å². The number of para-hydroxylation sites is 1. The molecule has 3 aromatic carbocycles. The van der Waals surface area contributed by atoms with E-state index >= 15 is 0 Å². The summed E-state index contributed by atoms with van der Waals surface area (Å²) in [5.74, 6) is -1.20. The standard InChI is InChI=1S/C24H20N4O4/c29-23-20-21(17-11-13-19(14-12-17)28(31)32)25-26(15-16-7-3-1-4-8-16)22(20)24(30)27(23)18-9-5-2-6-10-18/h1-14,20-22,25H,15H2/t20-,21-,22+/m1/s1. The molecule has 1 N–H and O–H groups in total. The summed E-state index contributed by atoms with van der Waals surface area (Å²) in [4.78, 5) is 38.8. The number of carbonyl (C=O) groups excluding carboxylic acids is 2. The molecule has 0 spiro atoms. The molecule has 2 aliphatic rings. The number of hydrogen-bond donors (Lipinski definition) is 1. The largest absolute Gasteiger partial charge is 0.274 e. The molecule has 0 radical (unpaired) electrons. The number of nitrogens with zero attached hydrogens (tertiary/aromatic N) is 3. The number of nitro groups is 1. The summed E-state index contributed by atoms with van der Waals surface area (Å²) < 4.78 is 0. The average molecular weight is 428 g/mol. The summed E-state index contributed by atoms with van der Waals surface area (Å²) in [7, 11) is 0. The minimum atomic E-state index is -0.678. The lowest BCUT2D eigenvalue weighted by Crippen LogP contribution is -2.45. The summed E-state index contributed by atoms with van der Waals surface area (Å²) in [6.07, 6.45) is 0. The average Bonchev–Trinajstić information content (AvgIpc) is 3.31. The van der Waals surface area contributed by atoms with E-state index in [2.05, 4.69) is 5.43 Å². The molecule has 2 saturated heterocycles. The fraction of sp³-hybridized carbons (Fsp3) is 0.167. The first kappa shape index (κ1) is 20.0. The van der Waals surface area contributed by atoms with Crippen molar-refractivity contribution in [1.29, 1.82) is 0 Å². The summed E-state index contributed by atoms with van der Waals surface area (Å²) in [6.45, 7) is 0.438. The van der Waals surface area contributed by atoms with Crippen LogP contribution in [-0.2, 0) is 16.1 Å². The van der Waals surface area contributed by atoms with E-state index in [1.807, 2.05) is 41.4 Å². The minimum absolute atomic E-state index is 0.0239. The van der Waals surface area contributed by atoms with Gasteiger partial charge in [0.15, 0.2) is 0 Å². The molecule has 0 saturated carbocycles. The number of nitrogens with one attached hydrogen (secondary N) is 1. The zero-order valence-corrected chi connectivity index (χ0v) is 17.0. The highest BCUT2D eigenvalue weighted by Crippen LogP contribution is 2.42. The number of imide groups is 1. The lowest BCUT2D eigenvalue weighted by atomic mass is 9.91. The maximum atomic E-state index is 13.5. The molecular formula is C24H20N4O4. The van der Waals surface area contributed by atoms with Gasteiger partial charge in [0.05, 0.1) is 22.6 Å². The first-order valence-corrected chi connectivity index (χ1v) is 10.3. The molecule has 2 fully saturated rings. The third-order valence-corrected chi connectivity index (χ3v) is 5.99. The fourth-order valence-corrected chi connectivity index (χ4v) is 4.51. The third kappa shape index (κ3) is 3.35. The van der Waals surface area contributed by atoms with E-state index in [-0.39, 0.29) is 17.5 Å².